The topological polar surface area (TPSA) is 55.7 Å². The van der Waals surface area contributed by atoms with Gasteiger partial charge in [0, 0.05) is 18.8 Å². The third kappa shape index (κ3) is 2.71. The molecule has 0 atom stereocenters. The molecule has 0 aliphatic rings. The van der Waals surface area contributed by atoms with Crippen molar-refractivity contribution in [1.82, 2.24) is 19.7 Å². The number of aryl methyl sites for hydroxylation is 1. The second-order valence-corrected chi connectivity index (χ2v) is 5.00. The van der Waals surface area contributed by atoms with E-state index in [0.29, 0.717) is 10.5 Å². The van der Waals surface area contributed by atoms with E-state index >= 15 is 0 Å². The van der Waals surface area contributed by atoms with Crippen LogP contribution in [0.15, 0.2) is 42.7 Å². The van der Waals surface area contributed by atoms with Crippen molar-refractivity contribution in [3.8, 4) is 28.4 Å². The number of benzene rings is 1. The maximum absolute atomic E-state index is 5.38. The molecule has 6 heteroatoms. The summed E-state index contributed by atoms with van der Waals surface area (Å²) in [5.41, 5.74) is 2.71. The lowest BCUT2D eigenvalue weighted by atomic mass is 10.1. The van der Waals surface area contributed by atoms with Gasteiger partial charge in [-0.05, 0) is 18.2 Å². The van der Waals surface area contributed by atoms with E-state index in [-0.39, 0.29) is 0 Å². The van der Waals surface area contributed by atoms with E-state index in [1.807, 2.05) is 43.6 Å². The predicted molar refractivity (Wildman–Crippen MR) is 83.6 cm³/mol. The van der Waals surface area contributed by atoms with E-state index in [4.69, 9.17) is 17.0 Å². The van der Waals surface area contributed by atoms with Crippen LogP contribution in [0, 0.1) is 4.64 Å². The van der Waals surface area contributed by atoms with Gasteiger partial charge in [-0.3, -0.25) is 4.68 Å². The second kappa shape index (κ2) is 5.49. The second-order valence-electron chi connectivity index (χ2n) is 4.58. The van der Waals surface area contributed by atoms with E-state index < -0.39 is 0 Å². The standard InChI is InChI=1S/C15H14N4OS/c1-19-9-10(8-16-19)12-7-14(21)18-15(17-12)11-5-3-4-6-13(11)20-2/h3-9H,1-2H3,(H,17,18,21). The van der Waals surface area contributed by atoms with Crippen LogP contribution in [0.1, 0.15) is 0 Å². The van der Waals surface area contributed by atoms with Gasteiger partial charge in [-0.25, -0.2) is 4.98 Å². The van der Waals surface area contributed by atoms with Crippen molar-refractivity contribution in [2.45, 2.75) is 0 Å². The average Bonchev–Trinajstić information content (AvgIpc) is 2.93. The Hall–Kier alpha value is -2.47. The first-order valence-corrected chi connectivity index (χ1v) is 6.82. The Labute approximate surface area is 127 Å². The maximum atomic E-state index is 5.38. The highest BCUT2D eigenvalue weighted by atomic mass is 32.1. The Balaban J connectivity index is 2.16. The molecule has 2 heterocycles. The molecule has 0 fully saturated rings. The lowest BCUT2D eigenvalue weighted by Gasteiger charge is -2.09. The molecule has 0 aliphatic heterocycles. The number of H-pyrrole nitrogens is 1. The largest absolute Gasteiger partial charge is 0.496 e. The molecule has 2 aromatic heterocycles. The number of aromatic amines is 1. The normalized spacial score (nSPS) is 10.6. The summed E-state index contributed by atoms with van der Waals surface area (Å²) in [6.45, 7) is 0. The lowest BCUT2D eigenvalue weighted by Crippen LogP contribution is -1.95. The van der Waals surface area contributed by atoms with Crippen molar-refractivity contribution >= 4 is 12.2 Å². The molecular formula is C15H14N4OS. The van der Waals surface area contributed by atoms with E-state index in [1.54, 1.807) is 18.0 Å². The molecule has 0 amide bonds. The molecule has 5 nitrogen and oxygen atoms in total. The van der Waals surface area contributed by atoms with E-state index in [2.05, 4.69) is 15.1 Å². The van der Waals surface area contributed by atoms with Gasteiger partial charge in [0.05, 0.1) is 24.6 Å². The first-order chi connectivity index (χ1) is 10.2. The number of nitrogens with one attached hydrogen (secondary N) is 1. The number of ether oxygens (including phenoxy) is 1. The van der Waals surface area contributed by atoms with Crippen LogP contribution in [0.25, 0.3) is 22.6 Å². The molecule has 0 saturated carbocycles. The van der Waals surface area contributed by atoms with Gasteiger partial charge in [-0.2, -0.15) is 5.10 Å². The Morgan fingerprint density at radius 1 is 1.29 bits per heavy atom. The summed E-state index contributed by atoms with van der Waals surface area (Å²) in [7, 11) is 3.51. The lowest BCUT2D eigenvalue weighted by molar-refractivity contribution is 0.416. The summed E-state index contributed by atoms with van der Waals surface area (Å²) < 4.78 is 7.65. The molecule has 0 saturated heterocycles. The highest BCUT2D eigenvalue weighted by Gasteiger charge is 2.09. The first-order valence-electron chi connectivity index (χ1n) is 6.41. The SMILES string of the molecule is COc1ccccc1-c1nc(=S)cc(-c2cnn(C)c2)[nH]1. The van der Waals surface area contributed by atoms with Crippen LogP contribution in [0.2, 0.25) is 0 Å². The Kier molecular flexibility index (Phi) is 3.53. The molecule has 3 rings (SSSR count). The van der Waals surface area contributed by atoms with Crippen molar-refractivity contribution in [2.24, 2.45) is 7.05 Å². The third-order valence-electron chi connectivity index (χ3n) is 3.12. The summed E-state index contributed by atoms with van der Waals surface area (Å²) in [6, 6.07) is 9.52. The van der Waals surface area contributed by atoms with Gasteiger partial charge in [0.1, 0.15) is 16.2 Å². The number of methoxy groups -OCH3 is 1. The summed E-state index contributed by atoms with van der Waals surface area (Å²) in [4.78, 5) is 7.69. The van der Waals surface area contributed by atoms with Crippen LogP contribution in [0.5, 0.6) is 5.75 Å². The zero-order chi connectivity index (χ0) is 14.8. The molecule has 0 aliphatic carbocycles. The number of aromatic nitrogens is 4. The molecule has 0 radical (unpaired) electrons. The molecule has 21 heavy (non-hydrogen) atoms. The summed E-state index contributed by atoms with van der Waals surface area (Å²) in [6.07, 6.45) is 3.71. The summed E-state index contributed by atoms with van der Waals surface area (Å²) in [5, 5.41) is 4.18. The first kappa shape index (κ1) is 13.5. The Morgan fingerprint density at radius 2 is 2.10 bits per heavy atom. The van der Waals surface area contributed by atoms with Crippen molar-refractivity contribution in [1.29, 1.82) is 0 Å². The van der Waals surface area contributed by atoms with Crippen LogP contribution in [0.4, 0.5) is 0 Å². The molecule has 3 aromatic rings. The monoisotopic (exact) mass is 298 g/mol. The number of nitrogens with zero attached hydrogens (tertiary/aromatic N) is 3. The maximum Gasteiger partial charge on any atom is 0.143 e. The zero-order valence-electron chi connectivity index (χ0n) is 11.7. The number of hydrogen-bond acceptors (Lipinski definition) is 4. The molecule has 0 unspecified atom stereocenters. The molecule has 106 valence electrons. The predicted octanol–water partition coefficient (Wildman–Crippen LogP) is 3.22. The quantitative estimate of drug-likeness (QED) is 0.754. The number of hydrogen-bond donors (Lipinski definition) is 1. The van der Waals surface area contributed by atoms with Crippen molar-refractivity contribution < 1.29 is 4.74 Å². The zero-order valence-corrected chi connectivity index (χ0v) is 12.5. The molecule has 1 aromatic carbocycles. The van der Waals surface area contributed by atoms with Gasteiger partial charge in [0.15, 0.2) is 0 Å². The fraction of sp³-hybridized carbons (Fsp3) is 0.133. The minimum absolute atomic E-state index is 0.522. The van der Waals surface area contributed by atoms with Gasteiger partial charge in [0.25, 0.3) is 0 Å². The molecule has 1 N–H and O–H groups in total. The summed E-state index contributed by atoms with van der Waals surface area (Å²) >= 11 is 5.27. The van der Waals surface area contributed by atoms with Gasteiger partial charge >= 0.3 is 0 Å². The smallest absolute Gasteiger partial charge is 0.143 e. The minimum atomic E-state index is 0.522. The van der Waals surface area contributed by atoms with Crippen molar-refractivity contribution in [3.63, 3.8) is 0 Å². The fourth-order valence-electron chi connectivity index (χ4n) is 2.14. The van der Waals surface area contributed by atoms with Gasteiger partial charge in [-0.15, -0.1) is 0 Å². The van der Waals surface area contributed by atoms with Crippen LogP contribution in [-0.4, -0.2) is 26.9 Å². The van der Waals surface area contributed by atoms with E-state index in [1.165, 1.54) is 0 Å². The van der Waals surface area contributed by atoms with E-state index in [9.17, 15) is 0 Å². The van der Waals surface area contributed by atoms with E-state index in [0.717, 1.165) is 22.6 Å². The number of rotatable bonds is 3. The fourth-order valence-corrected chi connectivity index (χ4v) is 2.35. The van der Waals surface area contributed by atoms with Gasteiger partial charge in [-0.1, -0.05) is 24.4 Å². The Morgan fingerprint density at radius 3 is 2.81 bits per heavy atom. The average molecular weight is 298 g/mol. The van der Waals surface area contributed by atoms with Crippen molar-refractivity contribution in [3.05, 3.63) is 47.4 Å². The summed E-state index contributed by atoms with van der Waals surface area (Å²) in [5.74, 6) is 1.43. The molecular weight excluding hydrogens is 284 g/mol. The van der Waals surface area contributed by atoms with Crippen LogP contribution >= 0.6 is 12.2 Å². The highest BCUT2D eigenvalue weighted by molar-refractivity contribution is 7.71. The van der Waals surface area contributed by atoms with Crippen LogP contribution in [0.3, 0.4) is 0 Å². The van der Waals surface area contributed by atoms with Gasteiger partial charge in [0.2, 0.25) is 0 Å². The number of para-hydroxylation sites is 1. The van der Waals surface area contributed by atoms with Crippen LogP contribution in [-0.2, 0) is 7.05 Å². The van der Waals surface area contributed by atoms with Gasteiger partial charge < -0.3 is 9.72 Å². The Bertz CT molecular complexity index is 837. The minimum Gasteiger partial charge on any atom is -0.496 e. The molecule has 0 bridgehead atoms. The third-order valence-corrected chi connectivity index (χ3v) is 3.33. The van der Waals surface area contributed by atoms with Crippen LogP contribution < -0.4 is 4.74 Å². The molecule has 0 spiro atoms. The highest BCUT2D eigenvalue weighted by Crippen LogP contribution is 2.28. The van der Waals surface area contributed by atoms with Crippen molar-refractivity contribution in [2.75, 3.05) is 7.11 Å².